The first kappa shape index (κ1) is 11.0. The van der Waals surface area contributed by atoms with Crippen molar-refractivity contribution in [3.05, 3.63) is 36.5 Å². The molecule has 0 bridgehead atoms. The summed E-state index contributed by atoms with van der Waals surface area (Å²) in [6.45, 7) is 1.55. The van der Waals surface area contributed by atoms with Crippen molar-refractivity contribution >= 4 is 11.6 Å². The van der Waals surface area contributed by atoms with E-state index >= 15 is 0 Å². The molecule has 0 aliphatic carbocycles. The van der Waals surface area contributed by atoms with Gasteiger partial charge in [0.2, 0.25) is 5.91 Å². The number of anilines is 1. The van der Waals surface area contributed by atoms with E-state index in [9.17, 15) is 4.79 Å². The van der Waals surface area contributed by atoms with Gasteiger partial charge in [-0.1, -0.05) is 12.1 Å². The molecule has 0 radical (unpaired) electrons. The van der Waals surface area contributed by atoms with Crippen molar-refractivity contribution in [3.8, 4) is 11.3 Å². The van der Waals surface area contributed by atoms with Crippen molar-refractivity contribution < 1.29 is 4.79 Å². The number of aromatic amines is 1. The van der Waals surface area contributed by atoms with Gasteiger partial charge in [0.25, 0.3) is 0 Å². The SMILES string of the molecule is O=C(Nc1ccc(-c2ccn[nH]2)cc1)C1CNC1. The van der Waals surface area contributed by atoms with Gasteiger partial charge in [-0.05, 0) is 23.8 Å². The minimum Gasteiger partial charge on any atom is -0.326 e. The maximum Gasteiger partial charge on any atom is 0.230 e. The molecule has 0 spiro atoms. The first-order valence-corrected chi connectivity index (χ1v) is 5.94. The van der Waals surface area contributed by atoms with Crippen LogP contribution in [0.5, 0.6) is 0 Å². The van der Waals surface area contributed by atoms with Gasteiger partial charge in [-0.25, -0.2) is 0 Å². The Morgan fingerprint density at radius 1 is 1.22 bits per heavy atom. The van der Waals surface area contributed by atoms with E-state index in [1.54, 1.807) is 6.20 Å². The lowest BCUT2D eigenvalue weighted by atomic mass is 10.0. The van der Waals surface area contributed by atoms with Crippen LogP contribution in [0, 0.1) is 5.92 Å². The van der Waals surface area contributed by atoms with Gasteiger partial charge < -0.3 is 10.6 Å². The maximum absolute atomic E-state index is 11.7. The van der Waals surface area contributed by atoms with Crippen LogP contribution >= 0.6 is 0 Å². The highest BCUT2D eigenvalue weighted by Crippen LogP contribution is 2.19. The van der Waals surface area contributed by atoms with Crippen LogP contribution in [0.4, 0.5) is 5.69 Å². The molecular formula is C13H14N4O. The zero-order chi connectivity index (χ0) is 12.4. The number of rotatable bonds is 3. The molecule has 0 atom stereocenters. The molecule has 1 amide bonds. The third-order valence-electron chi connectivity index (χ3n) is 3.12. The molecule has 1 aromatic carbocycles. The molecule has 18 heavy (non-hydrogen) atoms. The number of nitrogens with zero attached hydrogens (tertiary/aromatic N) is 1. The molecule has 0 saturated carbocycles. The van der Waals surface area contributed by atoms with Gasteiger partial charge in [0.05, 0.1) is 11.6 Å². The Kier molecular flexibility index (Phi) is 2.82. The Morgan fingerprint density at radius 2 is 2.00 bits per heavy atom. The van der Waals surface area contributed by atoms with Gasteiger partial charge in [-0.2, -0.15) is 5.10 Å². The van der Waals surface area contributed by atoms with Gasteiger partial charge in [0, 0.05) is 25.0 Å². The highest BCUT2D eigenvalue weighted by Gasteiger charge is 2.24. The Balaban J connectivity index is 1.69. The van der Waals surface area contributed by atoms with Crippen molar-refractivity contribution in [2.24, 2.45) is 5.92 Å². The third-order valence-corrected chi connectivity index (χ3v) is 3.12. The summed E-state index contributed by atoms with van der Waals surface area (Å²) in [6.07, 6.45) is 1.72. The molecule has 2 heterocycles. The first-order valence-electron chi connectivity index (χ1n) is 5.94. The van der Waals surface area contributed by atoms with E-state index in [4.69, 9.17) is 0 Å². The van der Waals surface area contributed by atoms with Gasteiger partial charge in [0.15, 0.2) is 0 Å². The summed E-state index contributed by atoms with van der Waals surface area (Å²) in [4.78, 5) is 11.7. The van der Waals surface area contributed by atoms with Crippen molar-refractivity contribution in [1.29, 1.82) is 0 Å². The third kappa shape index (κ3) is 2.12. The van der Waals surface area contributed by atoms with Crippen LogP contribution in [0.25, 0.3) is 11.3 Å². The lowest BCUT2D eigenvalue weighted by Crippen LogP contribution is -2.48. The Hall–Kier alpha value is -2.14. The molecular weight excluding hydrogens is 228 g/mol. The summed E-state index contributed by atoms with van der Waals surface area (Å²) < 4.78 is 0. The van der Waals surface area contributed by atoms with E-state index < -0.39 is 0 Å². The largest absolute Gasteiger partial charge is 0.326 e. The van der Waals surface area contributed by atoms with Crippen LogP contribution < -0.4 is 10.6 Å². The highest BCUT2D eigenvalue weighted by atomic mass is 16.2. The van der Waals surface area contributed by atoms with E-state index in [0.29, 0.717) is 0 Å². The monoisotopic (exact) mass is 242 g/mol. The Labute approximate surface area is 105 Å². The second-order valence-corrected chi connectivity index (χ2v) is 4.39. The number of H-pyrrole nitrogens is 1. The van der Waals surface area contributed by atoms with Gasteiger partial charge in [-0.15, -0.1) is 0 Å². The van der Waals surface area contributed by atoms with E-state index in [1.165, 1.54) is 0 Å². The number of aromatic nitrogens is 2. The molecule has 1 saturated heterocycles. The highest BCUT2D eigenvalue weighted by molar-refractivity contribution is 5.93. The first-order chi connectivity index (χ1) is 8.83. The van der Waals surface area contributed by atoms with E-state index in [1.807, 2.05) is 30.3 Å². The van der Waals surface area contributed by atoms with Crippen LogP contribution in [0.2, 0.25) is 0 Å². The van der Waals surface area contributed by atoms with Crippen LogP contribution in [0.1, 0.15) is 0 Å². The summed E-state index contributed by atoms with van der Waals surface area (Å²) in [7, 11) is 0. The zero-order valence-electron chi connectivity index (χ0n) is 9.81. The molecule has 5 heteroatoms. The molecule has 5 nitrogen and oxygen atoms in total. The number of amides is 1. The second kappa shape index (κ2) is 4.62. The average Bonchev–Trinajstić information content (AvgIpc) is 2.81. The van der Waals surface area contributed by atoms with Crippen molar-refractivity contribution in [2.75, 3.05) is 18.4 Å². The van der Waals surface area contributed by atoms with Crippen LogP contribution in [0.15, 0.2) is 36.5 Å². The number of hydrogen-bond acceptors (Lipinski definition) is 3. The van der Waals surface area contributed by atoms with E-state index in [-0.39, 0.29) is 11.8 Å². The number of hydrogen-bond donors (Lipinski definition) is 3. The van der Waals surface area contributed by atoms with Gasteiger partial charge >= 0.3 is 0 Å². The quantitative estimate of drug-likeness (QED) is 0.758. The summed E-state index contributed by atoms with van der Waals surface area (Å²) >= 11 is 0. The molecule has 1 aliphatic heterocycles. The van der Waals surface area contributed by atoms with Crippen molar-refractivity contribution in [3.63, 3.8) is 0 Å². The topological polar surface area (TPSA) is 69.8 Å². The minimum atomic E-state index is 0.0861. The molecule has 1 fully saturated rings. The summed E-state index contributed by atoms with van der Waals surface area (Å²) in [5.41, 5.74) is 2.85. The van der Waals surface area contributed by atoms with Crippen LogP contribution in [-0.2, 0) is 4.79 Å². The normalized spacial score (nSPS) is 15.1. The predicted octanol–water partition coefficient (Wildman–Crippen LogP) is 1.23. The molecule has 1 aromatic heterocycles. The number of carbonyl (C=O) groups excluding carboxylic acids is 1. The second-order valence-electron chi connectivity index (χ2n) is 4.39. The molecule has 3 rings (SSSR count). The lowest BCUT2D eigenvalue weighted by molar-refractivity contribution is -0.121. The fourth-order valence-corrected chi connectivity index (χ4v) is 1.87. The number of nitrogens with one attached hydrogen (secondary N) is 3. The van der Waals surface area contributed by atoms with Crippen molar-refractivity contribution in [1.82, 2.24) is 15.5 Å². The van der Waals surface area contributed by atoms with E-state index in [0.717, 1.165) is 30.0 Å². The molecule has 92 valence electrons. The Morgan fingerprint density at radius 3 is 2.56 bits per heavy atom. The molecule has 1 aliphatic rings. The molecule has 2 aromatic rings. The van der Waals surface area contributed by atoms with E-state index in [2.05, 4.69) is 20.8 Å². The molecule has 3 N–H and O–H groups in total. The minimum absolute atomic E-state index is 0.0861. The predicted molar refractivity (Wildman–Crippen MR) is 69.0 cm³/mol. The zero-order valence-corrected chi connectivity index (χ0v) is 9.81. The smallest absolute Gasteiger partial charge is 0.230 e. The number of benzene rings is 1. The fourth-order valence-electron chi connectivity index (χ4n) is 1.87. The Bertz CT molecular complexity index is 529. The number of carbonyl (C=O) groups is 1. The van der Waals surface area contributed by atoms with Crippen LogP contribution in [-0.4, -0.2) is 29.2 Å². The van der Waals surface area contributed by atoms with Crippen molar-refractivity contribution in [2.45, 2.75) is 0 Å². The average molecular weight is 242 g/mol. The maximum atomic E-state index is 11.7. The molecule has 0 unspecified atom stereocenters. The van der Waals surface area contributed by atoms with Gasteiger partial charge in [0.1, 0.15) is 0 Å². The van der Waals surface area contributed by atoms with Gasteiger partial charge in [-0.3, -0.25) is 9.89 Å². The summed E-state index contributed by atoms with van der Waals surface area (Å²) in [5, 5.41) is 12.8. The summed E-state index contributed by atoms with van der Waals surface area (Å²) in [5.74, 6) is 0.195. The van der Waals surface area contributed by atoms with Crippen LogP contribution in [0.3, 0.4) is 0 Å². The lowest BCUT2D eigenvalue weighted by Gasteiger charge is -2.25. The standard InChI is InChI=1S/C13H14N4O/c18-13(10-7-14-8-10)16-11-3-1-9(2-4-11)12-5-6-15-17-12/h1-6,10,14H,7-8H2,(H,15,17)(H,16,18). The fraction of sp³-hybridized carbons (Fsp3) is 0.231. The summed E-state index contributed by atoms with van der Waals surface area (Å²) in [6, 6.07) is 9.64.